The first-order chi connectivity index (χ1) is 8.31. The summed E-state index contributed by atoms with van der Waals surface area (Å²) in [6.45, 7) is 2.59. The third kappa shape index (κ3) is 3.52. The number of hydrogen-bond acceptors (Lipinski definition) is 3. The lowest BCUT2D eigenvalue weighted by molar-refractivity contribution is 0.0708. The monoisotopic (exact) mass is 298 g/mol. The number of nitrogens with one attached hydrogen (secondary N) is 2. The topological polar surface area (TPSA) is 33.3 Å². The first-order valence-electron chi connectivity index (χ1n) is 6.04. The fourth-order valence-electron chi connectivity index (χ4n) is 2.21. The van der Waals surface area contributed by atoms with E-state index >= 15 is 0 Å². The van der Waals surface area contributed by atoms with Crippen molar-refractivity contribution in [2.45, 2.75) is 18.5 Å². The Bertz CT molecular complexity index is 353. The van der Waals surface area contributed by atoms with Crippen LogP contribution in [0.2, 0.25) is 0 Å². The van der Waals surface area contributed by atoms with E-state index in [1.807, 2.05) is 13.1 Å². The smallest absolute Gasteiger partial charge is 0.0620 e. The van der Waals surface area contributed by atoms with Crippen LogP contribution in [-0.4, -0.2) is 32.8 Å². The van der Waals surface area contributed by atoms with E-state index in [2.05, 4.69) is 44.8 Å². The Balaban J connectivity index is 2.03. The highest BCUT2D eigenvalue weighted by Gasteiger charge is 2.20. The molecule has 0 spiro atoms. The third-order valence-corrected chi connectivity index (χ3v) is 3.87. The Hall–Kier alpha value is -0.420. The zero-order valence-electron chi connectivity index (χ0n) is 10.1. The van der Waals surface area contributed by atoms with Crippen molar-refractivity contribution >= 4 is 15.9 Å². The maximum atomic E-state index is 5.49. The zero-order chi connectivity index (χ0) is 12.1. The van der Waals surface area contributed by atoms with Gasteiger partial charge >= 0.3 is 0 Å². The first-order valence-corrected chi connectivity index (χ1v) is 6.83. The van der Waals surface area contributed by atoms with E-state index in [9.17, 15) is 0 Å². The average Bonchev–Trinajstić information content (AvgIpc) is 2.38. The average molecular weight is 299 g/mol. The van der Waals surface area contributed by atoms with Gasteiger partial charge in [0.2, 0.25) is 0 Å². The number of morpholine rings is 1. The van der Waals surface area contributed by atoms with E-state index < -0.39 is 0 Å². The second-order valence-electron chi connectivity index (χ2n) is 4.32. The molecule has 3 nitrogen and oxygen atoms in total. The van der Waals surface area contributed by atoms with Gasteiger partial charge in [-0.15, -0.1) is 0 Å². The van der Waals surface area contributed by atoms with E-state index in [1.165, 1.54) is 5.56 Å². The summed E-state index contributed by atoms with van der Waals surface area (Å²) in [7, 11) is 2.01. The number of rotatable bonds is 4. The Kier molecular flexibility index (Phi) is 4.98. The van der Waals surface area contributed by atoms with Gasteiger partial charge in [0.15, 0.2) is 0 Å². The highest BCUT2D eigenvalue weighted by atomic mass is 79.9. The van der Waals surface area contributed by atoms with Crippen LogP contribution in [0.1, 0.15) is 18.0 Å². The van der Waals surface area contributed by atoms with Gasteiger partial charge < -0.3 is 15.4 Å². The minimum Gasteiger partial charge on any atom is -0.379 e. The molecule has 2 atom stereocenters. The lowest BCUT2D eigenvalue weighted by Crippen LogP contribution is -2.43. The highest BCUT2D eigenvalue weighted by Crippen LogP contribution is 2.26. The van der Waals surface area contributed by atoms with Crippen molar-refractivity contribution in [3.63, 3.8) is 0 Å². The standard InChI is InChI=1S/C13H19BrN2O/c1-15-13(8-10-9-17-7-6-16-10)11-4-2-3-5-12(11)14/h2-5,10,13,15-16H,6-9H2,1H3. The van der Waals surface area contributed by atoms with Crippen LogP contribution in [0.15, 0.2) is 28.7 Å². The molecule has 2 unspecified atom stereocenters. The number of halogens is 1. The maximum Gasteiger partial charge on any atom is 0.0620 e. The normalized spacial score (nSPS) is 22.4. The van der Waals surface area contributed by atoms with Gasteiger partial charge in [0.1, 0.15) is 0 Å². The second kappa shape index (κ2) is 6.50. The molecule has 1 heterocycles. The van der Waals surface area contributed by atoms with Gasteiger partial charge in [0.25, 0.3) is 0 Å². The second-order valence-corrected chi connectivity index (χ2v) is 5.18. The number of hydrogen-bond donors (Lipinski definition) is 2. The maximum absolute atomic E-state index is 5.49. The molecular formula is C13H19BrN2O. The van der Waals surface area contributed by atoms with Gasteiger partial charge in [0, 0.05) is 23.1 Å². The summed E-state index contributed by atoms with van der Waals surface area (Å²) in [5.41, 5.74) is 1.31. The van der Waals surface area contributed by atoms with Crippen molar-refractivity contribution in [2.75, 3.05) is 26.8 Å². The van der Waals surface area contributed by atoms with Crippen molar-refractivity contribution in [1.82, 2.24) is 10.6 Å². The molecule has 17 heavy (non-hydrogen) atoms. The third-order valence-electron chi connectivity index (χ3n) is 3.15. The molecule has 1 aromatic carbocycles. The van der Waals surface area contributed by atoms with Crippen LogP contribution >= 0.6 is 15.9 Å². The molecule has 0 saturated carbocycles. The van der Waals surface area contributed by atoms with E-state index in [-0.39, 0.29) is 0 Å². The van der Waals surface area contributed by atoms with Crippen molar-refractivity contribution in [1.29, 1.82) is 0 Å². The summed E-state index contributed by atoms with van der Waals surface area (Å²) < 4.78 is 6.65. The summed E-state index contributed by atoms with van der Waals surface area (Å²) in [4.78, 5) is 0. The SMILES string of the molecule is CNC(CC1COCCN1)c1ccccc1Br. The minimum absolute atomic E-state index is 0.352. The first kappa shape index (κ1) is 13.0. The fourth-order valence-corrected chi connectivity index (χ4v) is 2.77. The molecule has 0 radical (unpaired) electrons. The van der Waals surface area contributed by atoms with Crippen LogP contribution in [0.4, 0.5) is 0 Å². The van der Waals surface area contributed by atoms with Crippen LogP contribution in [0.25, 0.3) is 0 Å². The molecule has 1 fully saturated rings. The summed E-state index contributed by atoms with van der Waals surface area (Å²) in [6.07, 6.45) is 1.04. The molecular weight excluding hydrogens is 280 g/mol. The van der Waals surface area contributed by atoms with E-state index in [0.717, 1.165) is 30.7 Å². The van der Waals surface area contributed by atoms with Crippen LogP contribution in [0, 0.1) is 0 Å². The summed E-state index contributed by atoms with van der Waals surface area (Å²) in [6, 6.07) is 9.16. The molecule has 0 aliphatic carbocycles. The largest absolute Gasteiger partial charge is 0.379 e. The molecule has 1 saturated heterocycles. The molecule has 1 aliphatic rings. The molecule has 94 valence electrons. The van der Waals surface area contributed by atoms with Gasteiger partial charge in [-0.2, -0.15) is 0 Å². The van der Waals surface area contributed by atoms with Crippen LogP contribution < -0.4 is 10.6 Å². The van der Waals surface area contributed by atoms with Gasteiger partial charge in [-0.1, -0.05) is 34.1 Å². The van der Waals surface area contributed by atoms with E-state index in [0.29, 0.717) is 12.1 Å². The van der Waals surface area contributed by atoms with Crippen LogP contribution in [0.5, 0.6) is 0 Å². The predicted octanol–water partition coefficient (Wildman–Crippen LogP) is 2.09. The fraction of sp³-hybridized carbons (Fsp3) is 0.538. The van der Waals surface area contributed by atoms with Crippen molar-refractivity contribution in [2.24, 2.45) is 0 Å². The van der Waals surface area contributed by atoms with Gasteiger partial charge in [0.05, 0.1) is 13.2 Å². The van der Waals surface area contributed by atoms with Crippen LogP contribution in [0.3, 0.4) is 0 Å². The molecule has 1 aliphatic heterocycles. The van der Waals surface area contributed by atoms with Crippen LogP contribution in [-0.2, 0) is 4.74 Å². The summed E-state index contributed by atoms with van der Waals surface area (Å²) in [5.74, 6) is 0. The van der Waals surface area contributed by atoms with Gasteiger partial charge in [-0.05, 0) is 25.1 Å². The molecule has 4 heteroatoms. The minimum atomic E-state index is 0.352. The highest BCUT2D eigenvalue weighted by molar-refractivity contribution is 9.10. The number of benzene rings is 1. The molecule has 1 aromatic rings. The Morgan fingerprint density at radius 2 is 2.35 bits per heavy atom. The molecule has 0 bridgehead atoms. The quantitative estimate of drug-likeness (QED) is 0.893. The molecule has 2 rings (SSSR count). The Morgan fingerprint density at radius 3 is 3.00 bits per heavy atom. The van der Waals surface area contributed by atoms with E-state index in [1.54, 1.807) is 0 Å². The van der Waals surface area contributed by atoms with Gasteiger partial charge in [-0.25, -0.2) is 0 Å². The van der Waals surface area contributed by atoms with Crippen molar-refractivity contribution < 1.29 is 4.74 Å². The van der Waals surface area contributed by atoms with Crippen molar-refractivity contribution in [3.05, 3.63) is 34.3 Å². The lowest BCUT2D eigenvalue weighted by Gasteiger charge is -2.28. The Morgan fingerprint density at radius 1 is 1.53 bits per heavy atom. The van der Waals surface area contributed by atoms with E-state index in [4.69, 9.17) is 4.74 Å². The van der Waals surface area contributed by atoms with Crippen molar-refractivity contribution in [3.8, 4) is 0 Å². The molecule has 0 aromatic heterocycles. The Labute approximate surface area is 111 Å². The van der Waals surface area contributed by atoms with Gasteiger partial charge in [-0.3, -0.25) is 0 Å². The lowest BCUT2D eigenvalue weighted by atomic mass is 9.99. The zero-order valence-corrected chi connectivity index (χ0v) is 11.7. The molecule has 0 amide bonds. The predicted molar refractivity (Wildman–Crippen MR) is 73.2 cm³/mol. The summed E-state index contributed by atoms with van der Waals surface area (Å²) in [5, 5.41) is 6.87. The summed E-state index contributed by atoms with van der Waals surface area (Å²) >= 11 is 3.61. The number of ether oxygens (including phenoxy) is 1. The molecule has 2 N–H and O–H groups in total.